The fraction of sp³-hybridized carbons (Fsp3) is 0.364. The zero-order valence-corrected chi connectivity index (χ0v) is 16.7. The van der Waals surface area contributed by atoms with E-state index in [4.69, 9.17) is 9.47 Å². The van der Waals surface area contributed by atoms with Crippen molar-refractivity contribution in [1.29, 1.82) is 0 Å². The number of amides is 2. The second-order valence-electron chi connectivity index (χ2n) is 6.41. The van der Waals surface area contributed by atoms with Gasteiger partial charge in [-0.2, -0.15) is 0 Å². The van der Waals surface area contributed by atoms with Gasteiger partial charge >= 0.3 is 0 Å². The maximum atomic E-state index is 12.6. The third-order valence-electron chi connectivity index (χ3n) is 4.28. The fourth-order valence-corrected chi connectivity index (χ4v) is 2.84. The van der Waals surface area contributed by atoms with Crippen LogP contribution in [-0.2, 0) is 4.79 Å². The number of hydrazine groups is 1. The normalized spacial score (nSPS) is 11.4. The van der Waals surface area contributed by atoms with E-state index in [2.05, 4.69) is 10.9 Å². The molecule has 0 radical (unpaired) electrons. The Morgan fingerprint density at radius 1 is 0.964 bits per heavy atom. The van der Waals surface area contributed by atoms with Crippen molar-refractivity contribution in [3.8, 4) is 11.5 Å². The first-order valence-corrected chi connectivity index (χ1v) is 9.56. The Labute approximate surface area is 166 Å². The number of hydrogen-bond donors (Lipinski definition) is 2. The Balaban J connectivity index is 2.03. The Bertz CT molecular complexity index is 777. The minimum Gasteiger partial charge on any atom is -0.493 e. The Morgan fingerprint density at radius 3 is 2.36 bits per heavy atom. The smallest absolute Gasteiger partial charge is 0.269 e. The van der Waals surface area contributed by atoms with Crippen molar-refractivity contribution in [2.45, 2.75) is 39.0 Å². The molecule has 1 atom stereocenters. The van der Waals surface area contributed by atoms with E-state index in [1.165, 1.54) is 7.11 Å². The minimum absolute atomic E-state index is 0.240. The van der Waals surface area contributed by atoms with Gasteiger partial charge in [0.25, 0.3) is 5.91 Å². The van der Waals surface area contributed by atoms with Gasteiger partial charge < -0.3 is 9.47 Å². The van der Waals surface area contributed by atoms with Crippen molar-refractivity contribution in [3.05, 3.63) is 59.7 Å². The summed E-state index contributed by atoms with van der Waals surface area (Å²) >= 11 is 0. The van der Waals surface area contributed by atoms with E-state index in [1.807, 2.05) is 44.2 Å². The Morgan fingerprint density at radius 2 is 1.71 bits per heavy atom. The van der Waals surface area contributed by atoms with E-state index in [0.29, 0.717) is 30.1 Å². The van der Waals surface area contributed by atoms with Gasteiger partial charge in [-0.25, -0.2) is 0 Å². The maximum Gasteiger partial charge on any atom is 0.269 e. The molecule has 0 bridgehead atoms. The zero-order chi connectivity index (χ0) is 20.4. The maximum absolute atomic E-state index is 12.6. The monoisotopic (exact) mass is 384 g/mol. The number of rotatable bonds is 9. The molecule has 0 spiro atoms. The first-order chi connectivity index (χ1) is 13.6. The third-order valence-corrected chi connectivity index (χ3v) is 4.28. The summed E-state index contributed by atoms with van der Waals surface area (Å²) in [6.45, 7) is 4.60. The summed E-state index contributed by atoms with van der Waals surface area (Å²) in [6.07, 6.45) is 2.43. The van der Waals surface area contributed by atoms with Crippen LogP contribution >= 0.6 is 0 Å². The predicted molar refractivity (Wildman–Crippen MR) is 108 cm³/mol. The lowest BCUT2D eigenvalue weighted by Gasteiger charge is -2.17. The van der Waals surface area contributed by atoms with Crippen LogP contribution in [0.15, 0.2) is 48.5 Å². The van der Waals surface area contributed by atoms with E-state index >= 15 is 0 Å². The molecule has 6 heteroatoms. The molecule has 0 aliphatic rings. The molecule has 0 saturated carbocycles. The molecule has 6 nitrogen and oxygen atoms in total. The van der Waals surface area contributed by atoms with Crippen LogP contribution in [0.3, 0.4) is 0 Å². The van der Waals surface area contributed by atoms with Crippen molar-refractivity contribution >= 4 is 11.8 Å². The molecule has 2 N–H and O–H groups in total. The molecule has 28 heavy (non-hydrogen) atoms. The molecule has 0 aliphatic carbocycles. The second kappa shape index (κ2) is 11.0. The molecular weight excluding hydrogens is 356 g/mol. The predicted octanol–water partition coefficient (Wildman–Crippen LogP) is 3.83. The first-order valence-electron chi connectivity index (χ1n) is 9.56. The van der Waals surface area contributed by atoms with E-state index in [9.17, 15) is 9.59 Å². The second-order valence-corrected chi connectivity index (χ2v) is 6.41. The number of carbonyl (C=O) groups excluding carboxylic acids is 2. The van der Waals surface area contributed by atoms with Gasteiger partial charge in [0, 0.05) is 5.56 Å². The van der Waals surface area contributed by atoms with Crippen LogP contribution in [0.25, 0.3) is 0 Å². The molecule has 150 valence electrons. The lowest BCUT2D eigenvalue weighted by Crippen LogP contribution is -2.44. The highest BCUT2D eigenvalue weighted by Crippen LogP contribution is 2.28. The van der Waals surface area contributed by atoms with Crippen molar-refractivity contribution in [3.63, 3.8) is 0 Å². The SMILES string of the molecule is CCCOc1ccc(C(=O)NNC(=O)C(CCC)c2ccccc2)cc1OC. The number of nitrogens with one attached hydrogen (secondary N) is 2. The van der Waals surface area contributed by atoms with Gasteiger partial charge in [-0.1, -0.05) is 50.6 Å². The minimum atomic E-state index is -0.419. The molecule has 0 fully saturated rings. The number of benzene rings is 2. The molecule has 1 unspecified atom stereocenters. The van der Waals surface area contributed by atoms with Gasteiger partial charge in [0.05, 0.1) is 19.6 Å². The van der Waals surface area contributed by atoms with Crippen molar-refractivity contribution in [2.75, 3.05) is 13.7 Å². The van der Waals surface area contributed by atoms with Gasteiger partial charge in [0.1, 0.15) is 0 Å². The number of hydrogen-bond acceptors (Lipinski definition) is 4. The first kappa shape index (κ1) is 21.3. The summed E-state index contributed by atoms with van der Waals surface area (Å²) in [5.74, 6) is 0.0803. The van der Waals surface area contributed by atoms with Crippen LogP contribution in [0.5, 0.6) is 11.5 Å². The molecule has 2 aromatic carbocycles. The molecule has 0 heterocycles. The van der Waals surface area contributed by atoms with E-state index in [-0.39, 0.29) is 11.8 Å². The highest BCUT2D eigenvalue weighted by atomic mass is 16.5. The van der Waals surface area contributed by atoms with Crippen molar-refractivity contribution in [2.24, 2.45) is 0 Å². The lowest BCUT2D eigenvalue weighted by molar-refractivity contribution is -0.123. The van der Waals surface area contributed by atoms with E-state index in [0.717, 1.165) is 18.4 Å². The van der Waals surface area contributed by atoms with Crippen LogP contribution < -0.4 is 20.3 Å². The molecular formula is C22H28N2O4. The average Bonchev–Trinajstić information content (AvgIpc) is 2.74. The molecule has 2 amide bonds. The van der Waals surface area contributed by atoms with Gasteiger partial charge in [-0.05, 0) is 36.6 Å². The summed E-state index contributed by atoms with van der Waals surface area (Å²) in [5, 5.41) is 0. The summed E-state index contributed by atoms with van der Waals surface area (Å²) < 4.78 is 10.9. The quantitative estimate of drug-likeness (QED) is 0.644. The largest absolute Gasteiger partial charge is 0.493 e. The van der Waals surface area contributed by atoms with Crippen LogP contribution in [0.2, 0.25) is 0 Å². The summed E-state index contributed by atoms with van der Waals surface area (Å²) in [5.41, 5.74) is 6.32. The topological polar surface area (TPSA) is 76.7 Å². The summed E-state index contributed by atoms with van der Waals surface area (Å²) in [4.78, 5) is 25.0. The Kier molecular flexibility index (Phi) is 8.34. The van der Waals surface area contributed by atoms with E-state index < -0.39 is 5.91 Å². The van der Waals surface area contributed by atoms with Crippen LogP contribution in [-0.4, -0.2) is 25.5 Å². The van der Waals surface area contributed by atoms with Gasteiger partial charge in [0.15, 0.2) is 11.5 Å². The standard InChI is InChI=1S/C22H28N2O4/c1-4-9-18(16-10-7-6-8-11-16)22(26)24-23-21(25)17-12-13-19(28-14-5-2)20(15-17)27-3/h6-8,10-13,15,18H,4-5,9,14H2,1-3H3,(H,23,25)(H,24,26). The molecule has 0 aliphatic heterocycles. The van der Waals surface area contributed by atoms with Crippen LogP contribution in [0.4, 0.5) is 0 Å². The Hall–Kier alpha value is -3.02. The highest BCUT2D eigenvalue weighted by molar-refractivity contribution is 5.96. The summed E-state index contributed by atoms with van der Waals surface area (Å²) in [6, 6.07) is 14.5. The molecule has 0 aromatic heterocycles. The molecule has 0 saturated heterocycles. The third kappa shape index (κ3) is 5.74. The van der Waals surface area contributed by atoms with Crippen LogP contribution in [0.1, 0.15) is 54.9 Å². The lowest BCUT2D eigenvalue weighted by atomic mass is 9.94. The van der Waals surface area contributed by atoms with Gasteiger partial charge in [0.2, 0.25) is 5.91 Å². The van der Waals surface area contributed by atoms with Crippen molar-refractivity contribution < 1.29 is 19.1 Å². The van der Waals surface area contributed by atoms with Gasteiger partial charge in [-0.15, -0.1) is 0 Å². The number of carbonyl (C=O) groups is 2. The number of methoxy groups -OCH3 is 1. The molecule has 2 rings (SSSR count). The molecule has 2 aromatic rings. The average molecular weight is 384 g/mol. The van der Waals surface area contributed by atoms with Crippen molar-refractivity contribution in [1.82, 2.24) is 10.9 Å². The fourth-order valence-electron chi connectivity index (χ4n) is 2.84. The number of ether oxygens (including phenoxy) is 2. The summed E-state index contributed by atoms with van der Waals surface area (Å²) in [7, 11) is 1.52. The van der Waals surface area contributed by atoms with Gasteiger partial charge in [-0.3, -0.25) is 20.4 Å². The van der Waals surface area contributed by atoms with E-state index in [1.54, 1.807) is 18.2 Å². The highest BCUT2D eigenvalue weighted by Gasteiger charge is 2.20. The van der Waals surface area contributed by atoms with Crippen LogP contribution in [0, 0.1) is 0 Å². The zero-order valence-electron chi connectivity index (χ0n) is 16.7.